The van der Waals surface area contributed by atoms with E-state index >= 15 is 0 Å². The van der Waals surface area contributed by atoms with Gasteiger partial charge in [-0.1, -0.05) is 30.3 Å². The van der Waals surface area contributed by atoms with E-state index in [1.54, 1.807) is 30.3 Å². The van der Waals surface area contributed by atoms with Crippen molar-refractivity contribution in [3.05, 3.63) is 65.1 Å². The van der Waals surface area contributed by atoms with Crippen LogP contribution in [0.3, 0.4) is 0 Å². The van der Waals surface area contributed by atoms with Gasteiger partial charge in [0, 0.05) is 17.0 Å². The summed E-state index contributed by atoms with van der Waals surface area (Å²) in [4.78, 5) is 14.1. The molecule has 8 heteroatoms. The third-order valence-electron chi connectivity index (χ3n) is 3.16. The normalized spacial score (nSPS) is 11.3. The maximum atomic E-state index is 12.1. The van der Waals surface area contributed by atoms with Gasteiger partial charge in [-0.15, -0.1) is 4.83 Å². The Morgan fingerprint density at radius 2 is 1.60 bits per heavy atom. The molecule has 132 valence electrons. The molecule has 0 fully saturated rings. The van der Waals surface area contributed by atoms with Crippen molar-refractivity contribution in [2.24, 2.45) is 0 Å². The number of hydrogen-bond acceptors (Lipinski definition) is 5. The maximum Gasteiger partial charge on any atom is 0.266 e. The molecule has 2 aromatic rings. The molecule has 0 atom stereocenters. The van der Waals surface area contributed by atoms with Crippen LogP contribution in [-0.2, 0) is 10.0 Å². The number of hydrazine groups is 1. The van der Waals surface area contributed by atoms with Crippen LogP contribution in [0.4, 0.5) is 0 Å². The Balaban J connectivity index is 2.05. The van der Waals surface area contributed by atoms with Crippen LogP contribution in [0.1, 0.15) is 15.9 Å². The summed E-state index contributed by atoms with van der Waals surface area (Å²) in [6, 6.07) is 13.4. The Kier molecular flexibility index (Phi) is 6.15. The number of carbonyl (C=O) groups excluding carboxylic acids is 1. The van der Waals surface area contributed by atoms with E-state index in [0.29, 0.717) is 11.5 Å². The van der Waals surface area contributed by atoms with Crippen molar-refractivity contribution in [2.75, 3.05) is 14.2 Å². The molecule has 0 saturated carbocycles. The highest BCUT2D eigenvalue weighted by atomic mass is 32.2. The molecule has 0 unspecified atom stereocenters. The van der Waals surface area contributed by atoms with Crippen LogP contribution < -0.4 is 19.7 Å². The summed E-state index contributed by atoms with van der Waals surface area (Å²) in [5.74, 6) is 0.182. The van der Waals surface area contributed by atoms with Crippen molar-refractivity contribution < 1.29 is 22.7 Å². The first kappa shape index (κ1) is 18.5. The van der Waals surface area contributed by atoms with Gasteiger partial charge in [0.1, 0.15) is 11.5 Å². The predicted octanol–water partition coefficient (Wildman–Crippen LogP) is 1.94. The number of methoxy groups -OCH3 is 2. The Bertz CT molecular complexity index is 842. The minimum Gasteiger partial charge on any atom is -0.497 e. The lowest BCUT2D eigenvalue weighted by atomic mass is 10.2. The van der Waals surface area contributed by atoms with Gasteiger partial charge in [-0.05, 0) is 23.8 Å². The zero-order valence-corrected chi connectivity index (χ0v) is 14.5. The van der Waals surface area contributed by atoms with E-state index in [1.165, 1.54) is 32.4 Å². The van der Waals surface area contributed by atoms with Crippen molar-refractivity contribution in [3.63, 3.8) is 0 Å². The lowest BCUT2D eigenvalue weighted by Crippen LogP contribution is -2.40. The Morgan fingerprint density at radius 3 is 2.16 bits per heavy atom. The zero-order chi connectivity index (χ0) is 18.3. The van der Waals surface area contributed by atoms with Crippen LogP contribution in [0, 0.1) is 0 Å². The average Bonchev–Trinajstić information content (AvgIpc) is 2.65. The van der Waals surface area contributed by atoms with E-state index in [-0.39, 0.29) is 5.56 Å². The van der Waals surface area contributed by atoms with Crippen LogP contribution in [-0.4, -0.2) is 28.5 Å². The van der Waals surface area contributed by atoms with Gasteiger partial charge in [-0.2, -0.15) is 0 Å². The minimum atomic E-state index is -3.84. The number of carbonyl (C=O) groups is 1. The number of hydrogen-bond donors (Lipinski definition) is 2. The molecule has 0 spiro atoms. The van der Waals surface area contributed by atoms with Crippen molar-refractivity contribution in [3.8, 4) is 11.5 Å². The zero-order valence-electron chi connectivity index (χ0n) is 13.7. The molecule has 25 heavy (non-hydrogen) atoms. The first-order valence-corrected chi connectivity index (χ1v) is 8.76. The van der Waals surface area contributed by atoms with Crippen LogP contribution in [0.2, 0.25) is 0 Å². The van der Waals surface area contributed by atoms with E-state index in [0.717, 1.165) is 11.0 Å². The van der Waals surface area contributed by atoms with Crippen molar-refractivity contribution in [1.29, 1.82) is 0 Å². The molecule has 0 heterocycles. The molecular formula is C17H18N2O5S. The second-order valence-electron chi connectivity index (χ2n) is 4.92. The smallest absolute Gasteiger partial charge is 0.266 e. The summed E-state index contributed by atoms with van der Waals surface area (Å²) in [6.45, 7) is 0. The SMILES string of the molecule is COc1cc(OC)cc(C(=O)NNS(=O)(=O)/C=C/c2ccccc2)c1. The molecule has 0 radical (unpaired) electrons. The molecule has 1 amide bonds. The molecule has 7 nitrogen and oxygen atoms in total. The van der Waals surface area contributed by atoms with Crippen molar-refractivity contribution >= 4 is 22.0 Å². The summed E-state index contributed by atoms with van der Waals surface area (Å²) in [5, 5.41) is 0.967. The number of ether oxygens (including phenoxy) is 2. The number of amides is 1. The topological polar surface area (TPSA) is 93.7 Å². The molecule has 0 aromatic heterocycles. The number of benzene rings is 2. The fraction of sp³-hybridized carbons (Fsp3) is 0.118. The Labute approximate surface area is 146 Å². The van der Waals surface area contributed by atoms with Crippen molar-refractivity contribution in [1.82, 2.24) is 10.3 Å². The first-order chi connectivity index (χ1) is 11.9. The predicted molar refractivity (Wildman–Crippen MR) is 94.5 cm³/mol. The van der Waals surface area contributed by atoms with E-state index in [2.05, 4.69) is 5.43 Å². The number of rotatable bonds is 7. The maximum absolute atomic E-state index is 12.1. The van der Waals surface area contributed by atoms with Gasteiger partial charge < -0.3 is 9.47 Å². The van der Waals surface area contributed by atoms with Crippen molar-refractivity contribution in [2.45, 2.75) is 0 Å². The summed E-state index contributed by atoms with van der Waals surface area (Å²) >= 11 is 0. The van der Waals surface area contributed by atoms with E-state index in [1.807, 2.05) is 10.9 Å². The fourth-order valence-corrected chi connectivity index (χ4v) is 2.53. The highest BCUT2D eigenvalue weighted by Crippen LogP contribution is 2.22. The van der Waals surface area contributed by atoms with E-state index in [9.17, 15) is 13.2 Å². The molecule has 0 aliphatic rings. The third-order valence-corrected chi connectivity index (χ3v) is 4.04. The number of sulfonamides is 1. The molecule has 0 aliphatic carbocycles. The first-order valence-electron chi connectivity index (χ1n) is 7.22. The standard InChI is InChI=1S/C17H18N2O5S/c1-23-15-10-14(11-16(12-15)24-2)17(20)18-19-25(21,22)9-8-13-6-4-3-5-7-13/h3-12,19H,1-2H3,(H,18,20)/b9-8+. The van der Waals surface area contributed by atoms with Gasteiger partial charge in [0.15, 0.2) is 0 Å². The molecule has 0 bridgehead atoms. The second kappa shape index (κ2) is 8.32. The van der Waals surface area contributed by atoms with Gasteiger partial charge in [-0.25, -0.2) is 8.42 Å². The third kappa shape index (κ3) is 5.63. The van der Waals surface area contributed by atoms with E-state index in [4.69, 9.17) is 9.47 Å². The summed E-state index contributed by atoms with van der Waals surface area (Å²) in [5.41, 5.74) is 3.04. The van der Waals surface area contributed by atoms with Gasteiger partial charge in [-0.3, -0.25) is 10.2 Å². The van der Waals surface area contributed by atoms with Crippen LogP contribution in [0.5, 0.6) is 11.5 Å². The van der Waals surface area contributed by atoms with E-state index < -0.39 is 15.9 Å². The lowest BCUT2D eigenvalue weighted by Gasteiger charge is -2.09. The Morgan fingerprint density at radius 1 is 1.00 bits per heavy atom. The summed E-state index contributed by atoms with van der Waals surface area (Å²) in [6.07, 6.45) is 1.42. The quantitative estimate of drug-likeness (QED) is 0.734. The fourth-order valence-electron chi connectivity index (χ4n) is 1.89. The van der Waals surface area contributed by atoms with Crippen LogP contribution in [0.25, 0.3) is 6.08 Å². The highest BCUT2D eigenvalue weighted by molar-refractivity contribution is 7.92. The monoisotopic (exact) mass is 362 g/mol. The molecule has 2 rings (SSSR count). The molecule has 0 saturated heterocycles. The van der Waals surface area contributed by atoms with Crippen LogP contribution >= 0.6 is 0 Å². The second-order valence-corrected chi connectivity index (χ2v) is 6.48. The molecule has 2 N–H and O–H groups in total. The number of nitrogens with one attached hydrogen (secondary N) is 2. The minimum absolute atomic E-state index is 0.186. The molecule has 0 aliphatic heterocycles. The van der Waals surface area contributed by atoms with Gasteiger partial charge in [0.25, 0.3) is 15.9 Å². The van der Waals surface area contributed by atoms with Crippen LogP contribution in [0.15, 0.2) is 53.9 Å². The molecule has 2 aromatic carbocycles. The summed E-state index contributed by atoms with van der Waals surface area (Å²) in [7, 11) is -0.935. The van der Waals surface area contributed by atoms with Gasteiger partial charge in [0.05, 0.1) is 14.2 Å². The van der Waals surface area contributed by atoms with Gasteiger partial charge >= 0.3 is 0 Å². The lowest BCUT2D eigenvalue weighted by molar-refractivity contribution is 0.0944. The highest BCUT2D eigenvalue weighted by Gasteiger charge is 2.12. The molecular weight excluding hydrogens is 344 g/mol. The van der Waals surface area contributed by atoms with Gasteiger partial charge in [0.2, 0.25) is 0 Å². The largest absolute Gasteiger partial charge is 0.497 e. The summed E-state index contributed by atoms with van der Waals surface area (Å²) < 4.78 is 34.0. The Hall–Kier alpha value is -2.84. The average molecular weight is 362 g/mol.